The third-order valence-corrected chi connectivity index (χ3v) is 7.28. The van der Waals surface area contributed by atoms with Gasteiger partial charge in [-0.1, -0.05) is 0 Å². The molecule has 0 bridgehead atoms. The molecule has 0 spiro atoms. The van der Waals surface area contributed by atoms with Crippen molar-refractivity contribution < 1.29 is 19.0 Å². The van der Waals surface area contributed by atoms with Gasteiger partial charge in [0.05, 0.1) is 59.1 Å². The van der Waals surface area contributed by atoms with Crippen LogP contribution < -0.4 is 14.4 Å². The second-order valence-corrected chi connectivity index (χ2v) is 9.68. The van der Waals surface area contributed by atoms with Gasteiger partial charge in [0.25, 0.3) is 0 Å². The molecule has 11 heteroatoms. The van der Waals surface area contributed by atoms with Crippen molar-refractivity contribution in [1.82, 2.24) is 24.9 Å². The molecule has 3 aromatic heterocycles. The molecule has 0 radical (unpaired) electrons. The highest BCUT2D eigenvalue weighted by Crippen LogP contribution is 2.42. The Morgan fingerprint density at radius 1 is 1.08 bits per heavy atom. The zero-order chi connectivity index (χ0) is 25.7. The third-order valence-electron chi connectivity index (χ3n) is 6.12. The van der Waals surface area contributed by atoms with Crippen molar-refractivity contribution >= 4 is 44.4 Å². The summed E-state index contributed by atoms with van der Waals surface area (Å²) in [7, 11) is 3.18. The number of hydrogen-bond acceptors (Lipinski definition) is 10. The number of carbonyl (C=O) groups is 1. The Labute approximate surface area is 215 Å². The fourth-order valence-corrected chi connectivity index (χ4v) is 5.36. The van der Waals surface area contributed by atoms with Crippen molar-refractivity contribution in [3.63, 3.8) is 0 Å². The van der Waals surface area contributed by atoms with E-state index in [1.54, 1.807) is 51.0 Å². The lowest BCUT2D eigenvalue weighted by Gasteiger charge is -2.19. The first-order valence-corrected chi connectivity index (χ1v) is 12.3. The number of fused-ring (bicyclic) bond motifs is 4. The van der Waals surface area contributed by atoms with Gasteiger partial charge in [-0.3, -0.25) is 4.90 Å². The summed E-state index contributed by atoms with van der Waals surface area (Å²) < 4.78 is 17.8. The fraction of sp³-hybridized carbons (Fsp3) is 0.231. The number of anilines is 1. The van der Waals surface area contributed by atoms with Gasteiger partial charge in [-0.15, -0.1) is 11.3 Å². The van der Waals surface area contributed by atoms with Gasteiger partial charge in [0, 0.05) is 18.2 Å². The Morgan fingerprint density at radius 3 is 2.68 bits per heavy atom. The first-order valence-electron chi connectivity index (χ1n) is 11.5. The van der Waals surface area contributed by atoms with Gasteiger partial charge in [0.2, 0.25) is 12.2 Å². The molecule has 1 aliphatic heterocycles. The van der Waals surface area contributed by atoms with Gasteiger partial charge < -0.3 is 14.2 Å². The maximum Gasteiger partial charge on any atom is 0.417 e. The Morgan fingerprint density at radius 2 is 1.89 bits per heavy atom. The summed E-state index contributed by atoms with van der Waals surface area (Å²) in [5.41, 5.74) is 5.80. The molecule has 5 aromatic rings. The number of thiazole rings is 1. The molecule has 1 amide bonds. The third kappa shape index (κ3) is 4.16. The molecule has 0 unspecified atom stereocenters. The number of aryl methyl sites for hydroxylation is 2. The highest BCUT2D eigenvalue weighted by Gasteiger charge is 2.30. The molecule has 4 heterocycles. The van der Waals surface area contributed by atoms with E-state index in [1.165, 1.54) is 4.90 Å². The predicted molar refractivity (Wildman–Crippen MR) is 139 cm³/mol. The van der Waals surface area contributed by atoms with E-state index in [1.807, 2.05) is 25.1 Å². The molecular formula is C26H22N6O4S. The SMILES string of the molecule is COc1cnc2c(-c3nc4ccc5c(c4s3)C[C@@H](OC(=O)N(C)c3cnc(C)nc3)O5)cc(C)cc2n1. The van der Waals surface area contributed by atoms with Crippen LogP contribution in [0.4, 0.5) is 10.5 Å². The van der Waals surface area contributed by atoms with Crippen LogP contribution in [0.5, 0.6) is 11.6 Å². The number of amides is 1. The van der Waals surface area contributed by atoms with E-state index in [0.717, 1.165) is 42.9 Å². The van der Waals surface area contributed by atoms with Crippen LogP contribution in [0, 0.1) is 13.8 Å². The molecule has 37 heavy (non-hydrogen) atoms. The minimum atomic E-state index is -0.745. The molecule has 0 N–H and O–H groups in total. The molecule has 0 aliphatic carbocycles. The molecule has 0 saturated heterocycles. The van der Waals surface area contributed by atoms with Gasteiger partial charge in [0.15, 0.2) is 0 Å². The topological polar surface area (TPSA) is 112 Å². The summed E-state index contributed by atoms with van der Waals surface area (Å²) >= 11 is 1.56. The van der Waals surface area contributed by atoms with Crippen LogP contribution >= 0.6 is 11.3 Å². The maximum absolute atomic E-state index is 12.7. The lowest BCUT2D eigenvalue weighted by Crippen LogP contribution is -2.33. The second kappa shape index (κ2) is 8.93. The molecule has 2 aromatic carbocycles. The van der Waals surface area contributed by atoms with Crippen LogP contribution in [0.2, 0.25) is 0 Å². The smallest absolute Gasteiger partial charge is 0.417 e. The number of benzene rings is 2. The van der Waals surface area contributed by atoms with Gasteiger partial charge in [-0.2, -0.15) is 0 Å². The first kappa shape index (κ1) is 23.0. The van der Waals surface area contributed by atoms with Crippen LogP contribution in [0.25, 0.3) is 31.8 Å². The van der Waals surface area contributed by atoms with Crippen molar-refractivity contribution in [1.29, 1.82) is 0 Å². The van der Waals surface area contributed by atoms with Gasteiger partial charge in [0.1, 0.15) is 16.6 Å². The summed E-state index contributed by atoms with van der Waals surface area (Å²) in [6.07, 6.45) is 3.89. The second-order valence-electron chi connectivity index (χ2n) is 8.68. The average Bonchev–Trinajstić information content (AvgIpc) is 3.51. The van der Waals surface area contributed by atoms with Gasteiger partial charge in [-0.05, 0) is 43.7 Å². The highest BCUT2D eigenvalue weighted by molar-refractivity contribution is 7.22. The lowest BCUT2D eigenvalue weighted by molar-refractivity contribution is -0.0127. The van der Waals surface area contributed by atoms with Gasteiger partial charge in [-0.25, -0.2) is 29.7 Å². The predicted octanol–water partition coefficient (Wildman–Crippen LogP) is 4.86. The number of carbonyl (C=O) groups excluding carboxylic acids is 1. The van der Waals surface area contributed by atoms with Crippen molar-refractivity contribution in [3.8, 4) is 22.2 Å². The van der Waals surface area contributed by atoms with E-state index in [0.29, 0.717) is 29.6 Å². The largest absolute Gasteiger partial charge is 0.480 e. The van der Waals surface area contributed by atoms with E-state index < -0.39 is 12.4 Å². The normalized spacial score (nSPS) is 14.4. The summed E-state index contributed by atoms with van der Waals surface area (Å²) in [5.74, 6) is 1.77. The van der Waals surface area contributed by atoms with Crippen LogP contribution in [-0.2, 0) is 11.2 Å². The molecule has 0 saturated carbocycles. The number of aromatic nitrogens is 5. The Balaban J connectivity index is 1.29. The minimum Gasteiger partial charge on any atom is -0.480 e. The molecule has 6 rings (SSSR count). The van der Waals surface area contributed by atoms with Gasteiger partial charge >= 0.3 is 6.09 Å². The summed E-state index contributed by atoms with van der Waals surface area (Å²) in [5, 5.41) is 0.830. The minimum absolute atomic E-state index is 0.420. The lowest BCUT2D eigenvalue weighted by atomic mass is 10.1. The molecule has 0 fully saturated rings. The molecule has 1 atom stereocenters. The standard InChI is InChI=1S/C26H22N6O4S/c1-13-7-17(23-19(8-13)30-21(34-4)12-29-23)25-31-18-5-6-20-16(24(18)37-25)9-22(35-20)36-26(33)32(3)15-10-27-14(2)28-11-15/h5-8,10-12,22H,9H2,1-4H3/t22-/m1/s1. The van der Waals surface area contributed by atoms with Crippen LogP contribution in [0.15, 0.2) is 42.9 Å². The average molecular weight is 515 g/mol. The summed E-state index contributed by atoms with van der Waals surface area (Å²) in [6.45, 7) is 3.80. The van der Waals surface area contributed by atoms with Crippen molar-refractivity contribution in [2.24, 2.45) is 0 Å². The van der Waals surface area contributed by atoms with Crippen molar-refractivity contribution in [3.05, 3.63) is 59.8 Å². The summed E-state index contributed by atoms with van der Waals surface area (Å²) in [6, 6.07) is 7.82. The van der Waals surface area contributed by atoms with E-state index in [-0.39, 0.29) is 0 Å². The first-order chi connectivity index (χ1) is 17.9. The highest BCUT2D eigenvalue weighted by atomic mass is 32.1. The Hall–Kier alpha value is -4.38. The number of rotatable bonds is 4. The maximum atomic E-state index is 12.7. The number of ether oxygens (including phenoxy) is 3. The molecule has 186 valence electrons. The fourth-order valence-electron chi connectivity index (χ4n) is 4.23. The summed E-state index contributed by atoms with van der Waals surface area (Å²) in [4.78, 5) is 36.4. The van der Waals surface area contributed by atoms with E-state index >= 15 is 0 Å². The zero-order valence-corrected chi connectivity index (χ0v) is 21.4. The Kier molecular flexibility index (Phi) is 5.56. The van der Waals surface area contributed by atoms with E-state index in [4.69, 9.17) is 19.2 Å². The monoisotopic (exact) mass is 514 g/mol. The van der Waals surface area contributed by atoms with Crippen molar-refractivity contribution in [2.75, 3.05) is 19.1 Å². The van der Waals surface area contributed by atoms with Crippen molar-refractivity contribution in [2.45, 2.75) is 26.6 Å². The number of hydrogen-bond donors (Lipinski definition) is 0. The number of methoxy groups -OCH3 is 1. The molecule has 1 aliphatic rings. The van der Waals surface area contributed by atoms with E-state index in [2.05, 4.69) is 26.0 Å². The van der Waals surface area contributed by atoms with Crippen LogP contribution in [0.1, 0.15) is 17.0 Å². The zero-order valence-electron chi connectivity index (χ0n) is 20.6. The quantitative estimate of drug-likeness (QED) is 0.332. The Bertz CT molecular complexity index is 1670. The van der Waals surface area contributed by atoms with Crippen LogP contribution in [0.3, 0.4) is 0 Å². The molecule has 10 nitrogen and oxygen atoms in total. The number of nitrogens with zero attached hydrogens (tertiary/aromatic N) is 6. The molecular weight excluding hydrogens is 492 g/mol. The van der Waals surface area contributed by atoms with E-state index in [9.17, 15) is 4.79 Å². The van der Waals surface area contributed by atoms with Crippen LogP contribution in [-0.4, -0.2) is 51.5 Å².